The van der Waals surface area contributed by atoms with Crippen LogP contribution in [-0.2, 0) is 9.53 Å². The molecular formula is C26H39FN2O2. The Bertz CT molecular complexity index is 732. The second-order valence-electron chi connectivity index (χ2n) is 7.71. The van der Waals surface area contributed by atoms with Crippen LogP contribution in [0.2, 0.25) is 0 Å². The number of carbonyl (C=O) groups excluding carboxylic acids is 1. The highest BCUT2D eigenvalue weighted by molar-refractivity contribution is 5.48. The maximum Gasteiger partial charge on any atom is 0.207 e. The van der Waals surface area contributed by atoms with Crippen LogP contribution in [0.3, 0.4) is 0 Å². The lowest BCUT2D eigenvalue weighted by atomic mass is 9.95. The van der Waals surface area contributed by atoms with Gasteiger partial charge in [0.05, 0.1) is 12.4 Å². The van der Waals surface area contributed by atoms with E-state index in [4.69, 9.17) is 4.74 Å². The highest BCUT2D eigenvalue weighted by Crippen LogP contribution is 2.28. The minimum absolute atomic E-state index is 0.0813. The molecule has 0 aromatic carbocycles. The van der Waals surface area contributed by atoms with E-state index in [1.807, 2.05) is 37.3 Å². The molecule has 0 saturated carbocycles. The Balaban J connectivity index is 2.74. The fraction of sp³-hybridized carbons (Fsp3) is 0.500. The van der Waals surface area contributed by atoms with Crippen LogP contribution >= 0.6 is 0 Å². The van der Waals surface area contributed by atoms with Crippen molar-refractivity contribution in [2.24, 2.45) is 5.92 Å². The number of hydrogen-bond acceptors (Lipinski definition) is 3. The van der Waals surface area contributed by atoms with Gasteiger partial charge in [-0.25, -0.2) is 4.39 Å². The highest BCUT2D eigenvalue weighted by Gasteiger charge is 2.17. The molecule has 0 aromatic heterocycles. The Hall–Kier alpha value is -2.56. The van der Waals surface area contributed by atoms with Crippen molar-refractivity contribution in [3.05, 3.63) is 71.5 Å². The van der Waals surface area contributed by atoms with E-state index in [0.717, 1.165) is 61.6 Å². The molecule has 0 aliphatic heterocycles. The normalized spacial score (nSPS) is 15.8. The number of rotatable bonds is 15. The molecule has 0 radical (unpaired) electrons. The van der Waals surface area contributed by atoms with E-state index in [1.165, 1.54) is 6.08 Å². The van der Waals surface area contributed by atoms with Gasteiger partial charge in [-0.15, -0.1) is 0 Å². The monoisotopic (exact) mass is 430 g/mol. The van der Waals surface area contributed by atoms with E-state index in [-0.39, 0.29) is 11.7 Å². The summed E-state index contributed by atoms with van der Waals surface area (Å²) in [4.78, 5) is 12.7. The number of ether oxygens (including phenoxy) is 1. The van der Waals surface area contributed by atoms with E-state index in [2.05, 4.69) is 37.6 Å². The van der Waals surface area contributed by atoms with Crippen molar-refractivity contribution in [1.29, 1.82) is 0 Å². The molecule has 172 valence electrons. The molecule has 1 N–H and O–H groups in total. The standard InChI is InChI=1S/C26H39FN2O2/c1-6-9-17-31-22(5)13-14-24(7-2)29(8-3)16-15-21(4)25-12-10-11-23(18-26(25)27)19-28-20-30/h7,11-14,18,20-21H,2,6,8-10,15-17,19H2,1,3-5H3,(H,28,30)/b22-13+,24-14+. The Morgan fingerprint density at radius 2 is 2.13 bits per heavy atom. The first-order valence-electron chi connectivity index (χ1n) is 11.3. The van der Waals surface area contributed by atoms with Gasteiger partial charge in [-0.1, -0.05) is 39.0 Å². The lowest BCUT2D eigenvalue weighted by Crippen LogP contribution is -2.24. The summed E-state index contributed by atoms with van der Waals surface area (Å²) in [7, 11) is 0. The number of allylic oxidation sites excluding steroid dienone is 8. The van der Waals surface area contributed by atoms with Crippen LogP contribution < -0.4 is 5.32 Å². The summed E-state index contributed by atoms with van der Waals surface area (Å²) in [5, 5.41) is 2.59. The Kier molecular flexibility index (Phi) is 13.0. The van der Waals surface area contributed by atoms with Crippen LogP contribution in [0, 0.1) is 5.92 Å². The summed E-state index contributed by atoms with van der Waals surface area (Å²) in [6, 6.07) is 0. The number of unbranched alkanes of at least 4 members (excludes halogenated alkanes) is 1. The second kappa shape index (κ2) is 15.3. The number of likely N-dealkylation sites (N-methyl/N-ethyl adjacent to an activating group) is 1. The fourth-order valence-corrected chi connectivity index (χ4v) is 3.36. The van der Waals surface area contributed by atoms with Gasteiger partial charge in [0.2, 0.25) is 6.41 Å². The molecule has 1 aliphatic rings. The van der Waals surface area contributed by atoms with E-state index in [9.17, 15) is 9.18 Å². The SMILES string of the molecule is C=C/C(=C\C=C(/C)OCCCC)N(CC)CCC(C)C1=CCC=C(CNC=O)C=C1F. The minimum Gasteiger partial charge on any atom is -0.498 e. The van der Waals surface area contributed by atoms with Crippen molar-refractivity contribution in [3.8, 4) is 0 Å². The van der Waals surface area contributed by atoms with Gasteiger partial charge in [0.15, 0.2) is 0 Å². The van der Waals surface area contributed by atoms with Gasteiger partial charge < -0.3 is 15.0 Å². The molecule has 4 nitrogen and oxygen atoms in total. The van der Waals surface area contributed by atoms with Gasteiger partial charge in [-0.3, -0.25) is 4.79 Å². The molecule has 1 amide bonds. The summed E-state index contributed by atoms with van der Waals surface area (Å²) >= 11 is 0. The second-order valence-corrected chi connectivity index (χ2v) is 7.71. The zero-order chi connectivity index (χ0) is 23.1. The van der Waals surface area contributed by atoms with E-state index >= 15 is 0 Å². The van der Waals surface area contributed by atoms with Gasteiger partial charge >= 0.3 is 0 Å². The molecule has 0 aromatic rings. The largest absolute Gasteiger partial charge is 0.498 e. The fourth-order valence-electron chi connectivity index (χ4n) is 3.36. The lowest BCUT2D eigenvalue weighted by Gasteiger charge is -2.26. The van der Waals surface area contributed by atoms with E-state index < -0.39 is 0 Å². The molecular weight excluding hydrogens is 391 g/mol. The van der Waals surface area contributed by atoms with Crippen molar-refractivity contribution in [1.82, 2.24) is 10.2 Å². The first-order valence-corrected chi connectivity index (χ1v) is 11.3. The van der Waals surface area contributed by atoms with Crippen LogP contribution in [0.5, 0.6) is 0 Å². The summed E-state index contributed by atoms with van der Waals surface area (Å²) in [5.74, 6) is 0.757. The molecule has 0 spiro atoms. The van der Waals surface area contributed by atoms with Crippen molar-refractivity contribution >= 4 is 6.41 Å². The summed E-state index contributed by atoms with van der Waals surface area (Å²) in [5.41, 5.74) is 2.55. The molecule has 1 unspecified atom stereocenters. The highest BCUT2D eigenvalue weighted by atomic mass is 19.1. The molecule has 0 saturated heterocycles. The zero-order valence-electron chi connectivity index (χ0n) is 19.6. The van der Waals surface area contributed by atoms with Crippen LogP contribution in [-0.4, -0.2) is 37.6 Å². The van der Waals surface area contributed by atoms with Gasteiger partial charge in [-0.2, -0.15) is 0 Å². The molecule has 0 heterocycles. The predicted octanol–water partition coefficient (Wildman–Crippen LogP) is 5.98. The summed E-state index contributed by atoms with van der Waals surface area (Å²) < 4.78 is 20.5. The predicted molar refractivity (Wildman–Crippen MR) is 128 cm³/mol. The minimum atomic E-state index is -0.214. The molecule has 5 heteroatoms. The van der Waals surface area contributed by atoms with E-state index in [0.29, 0.717) is 19.4 Å². The number of hydrogen-bond donors (Lipinski definition) is 1. The van der Waals surface area contributed by atoms with Gasteiger partial charge in [0.1, 0.15) is 5.83 Å². The molecule has 1 aliphatic carbocycles. The Labute approximate surface area is 187 Å². The van der Waals surface area contributed by atoms with Crippen molar-refractivity contribution in [2.75, 3.05) is 26.2 Å². The molecule has 1 atom stereocenters. The van der Waals surface area contributed by atoms with Crippen molar-refractivity contribution in [2.45, 2.75) is 53.4 Å². The quantitative estimate of drug-likeness (QED) is 0.150. The summed E-state index contributed by atoms with van der Waals surface area (Å²) in [6.45, 7) is 15.0. The molecule has 1 rings (SSSR count). The Morgan fingerprint density at radius 1 is 1.35 bits per heavy atom. The number of nitrogens with one attached hydrogen (secondary N) is 1. The van der Waals surface area contributed by atoms with Crippen molar-refractivity contribution in [3.63, 3.8) is 0 Å². The van der Waals surface area contributed by atoms with E-state index in [1.54, 1.807) is 0 Å². The molecule has 31 heavy (non-hydrogen) atoms. The Morgan fingerprint density at radius 3 is 2.77 bits per heavy atom. The number of carbonyl (C=O) groups is 1. The third-order valence-corrected chi connectivity index (χ3v) is 5.33. The third kappa shape index (κ3) is 9.86. The maximum absolute atomic E-state index is 14.8. The van der Waals surface area contributed by atoms with Gasteiger partial charge in [0.25, 0.3) is 0 Å². The molecule has 0 fully saturated rings. The average Bonchev–Trinajstić information content (AvgIpc) is 2.95. The van der Waals surface area contributed by atoms with Crippen LogP contribution in [0.25, 0.3) is 0 Å². The van der Waals surface area contributed by atoms with Gasteiger partial charge in [-0.05, 0) is 74.5 Å². The van der Waals surface area contributed by atoms with Crippen LogP contribution in [0.4, 0.5) is 4.39 Å². The van der Waals surface area contributed by atoms with Crippen molar-refractivity contribution < 1.29 is 13.9 Å². The van der Waals surface area contributed by atoms with Gasteiger partial charge in [0, 0.05) is 25.3 Å². The maximum atomic E-state index is 14.8. The number of amides is 1. The smallest absolute Gasteiger partial charge is 0.207 e. The average molecular weight is 431 g/mol. The lowest BCUT2D eigenvalue weighted by molar-refractivity contribution is -0.109. The number of nitrogens with zero attached hydrogens (tertiary/aromatic N) is 1. The van der Waals surface area contributed by atoms with Crippen LogP contribution in [0.1, 0.15) is 53.4 Å². The topological polar surface area (TPSA) is 41.6 Å². The zero-order valence-corrected chi connectivity index (χ0v) is 19.6. The molecule has 0 bridgehead atoms. The first-order chi connectivity index (χ1) is 15.0. The summed E-state index contributed by atoms with van der Waals surface area (Å²) in [6.07, 6.45) is 15.6. The first kappa shape index (κ1) is 26.5. The third-order valence-electron chi connectivity index (χ3n) is 5.33. The number of halogens is 1. The van der Waals surface area contributed by atoms with Crippen LogP contribution in [0.15, 0.2) is 71.5 Å².